The Balaban J connectivity index is 1.62. The quantitative estimate of drug-likeness (QED) is 0.677. The minimum Gasteiger partial charge on any atom is -0.352 e. The summed E-state index contributed by atoms with van der Waals surface area (Å²) in [5.74, 6) is -0.132. The molecule has 0 radical (unpaired) electrons. The summed E-state index contributed by atoms with van der Waals surface area (Å²) in [6.07, 6.45) is 2.13. The van der Waals surface area contributed by atoms with Crippen LogP contribution in [0.2, 0.25) is 0 Å². The van der Waals surface area contributed by atoms with Gasteiger partial charge in [-0.05, 0) is 37.5 Å². The highest BCUT2D eigenvalue weighted by Crippen LogP contribution is 2.19. The van der Waals surface area contributed by atoms with E-state index in [2.05, 4.69) is 10.0 Å². The van der Waals surface area contributed by atoms with Crippen LogP contribution in [0, 0.1) is 6.92 Å². The highest BCUT2D eigenvalue weighted by molar-refractivity contribution is 7.89. The predicted molar refractivity (Wildman–Crippen MR) is 106 cm³/mol. The Hall–Kier alpha value is -1.97. The number of nitrogens with zero attached hydrogens (tertiary/aromatic N) is 2. The summed E-state index contributed by atoms with van der Waals surface area (Å²) < 4.78 is 26.9. The lowest BCUT2D eigenvalue weighted by molar-refractivity contribution is -0.122. The minimum absolute atomic E-state index is 0.0412. The van der Waals surface area contributed by atoms with Crippen molar-refractivity contribution in [2.75, 3.05) is 39.3 Å². The van der Waals surface area contributed by atoms with E-state index in [-0.39, 0.29) is 23.3 Å². The van der Waals surface area contributed by atoms with Crippen molar-refractivity contribution in [3.8, 4) is 0 Å². The summed E-state index contributed by atoms with van der Waals surface area (Å²) in [5.41, 5.74) is 1.14. The molecule has 2 N–H and O–H groups in total. The summed E-state index contributed by atoms with van der Waals surface area (Å²) in [4.78, 5) is 28.7. The number of carbonyl (C=O) groups excluding carboxylic acids is 2. The molecule has 0 atom stereocenters. The molecule has 0 spiro atoms. The maximum Gasteiger partial charge on any atom is 0.254 e. The predicted octanol–water partition coefficient (Wildman–Crippen LogP) is 0.330. The minimum atomic E-state index is -3.61. The molecule has 1 saturated carbocycles. The average Bonchev–Trinajstić information content (AvgIpc) is 3.46. The smallest absolute Gasteiger partial charge is 0.254 e. The highest BCUT2D eigenvalue weighted by atomic mass is 32.2. The van der Waals surface area contributed by atoms with E-state index >= 15 is 0 Å². The van der Waals surface area contributed by atoms with Crippen molar-refractivity contribution in [1.29, 1.82) is 0 Å². The number of amides is 2. The van der Waals surface area contributed by atoms with Gasteiger partial charge in [-0.3, -0.25) is 14.5 Å². The third kappa shape index (κ3) is 5.09. The number of benzene rings is 1. The van der Waals surface area contributed by atoms with Gasteiger partial charge in [-0.1, -0.05) is 13.0 Å². The van der Waals surface area contributed by atoms with Crippen molar-refractivity contribution in [1.82, 2.24) is 19.8 Å². The third-order valence-corrected chi connectivity index (χ3v) is 6.60. The van der Waals surface area contributed by atoms with Crippen molar-refractivity contribution in [3.05, 3.63) is 29.3 Å². The number of nitrogens with one attached hydrogen (secondary N) is 2. The number of piperazine rings is 1. The topological polar surface area (TPSA) is 98.8 Å². The van der Waals surface area contributed by atoms with E-state index in [4.69, 9.17) is 0 Å². The van der Waals surface area contributed by atoms with E-state index in [1.807, 2.05) is 4.90 Å². The van der Waals surface area contributed by atoms with E-state index in [1.165, 1.54) is 12.1 Å². The van der Waals surface area contributed by atoms with E-state index in [1.54, 1.807) is 24.8 Å². The van der Waals surface area contributed by atoms with Crippen LogP contribution in [0.5, 0.6) is 0 Å². The standard InChI is InChI=1S/C19H28N4O4S/c1-3-20-28(26,27)16-7-4-14(2)17(12-16)19(25)23-10-8-22(9-11-23)13-18(24)21-15-5-6-15/h4,7,12,15,20H,3,5-6,8-11,13H2,1-2H3,(H,21,24). The zero-order chi connectivity index (χ0) is 20.3. The average molecular weight is 409 g/mol. The molecule has 0 bridgehead atoms. The van der Waals surface area contributed by atoms with Crippen molar-refractivity contribution >= 4 is 21.8 Å². The van der Waals surface area contributed by atoms with E-state index in [0.29, 0.717) is 44.3 Å². The Morgan fingerprint density at radius 1 is 1.14 bits per heavy atom. The fourth-order valence-corrected chi connectivity index (χ4v) is 4.32. The van der Waals surface area contributed by atoms with Gasteiger partial charge in [0.2, 0.25) is 15.9 Å². The number of carbonyl (C=O) groups is 2. The summed E-state index contributed by atoms with van der Waals surface area (Å²) in [6.45, 7) is 6.43. The maximum absolute atomic E-state index is 13.0. The Morgan fingerprint density at radius 3 is 2.43 bits per heavy atom. The molecule has 3 rings (SSSR count). The molecular weight excluding hydrogens is 380 g/mol. The van der Waals surface area contributed by atoms with Crippen molar-refractivity contribution in [2.45, 2.75) is 37.6 Å². The molecule has 1 aromatic carbocycles. The zero-order valence-corrected chi connectivity index (χ0v) is 17.2. The van der Waals surface area contributed by atoms with Crippen LogP contribution in [0.25, 0.3) is 0 Å². The van der Waals surface area contributed by atoms with Crippen molar-refractivity contribution in [2.24, 2.45) is 0 Å². The second-order valence-electron chi connectivity index (χ2n) is 7.39. The number of sulfonamides is 1. The lowest BCUT2D eigenvalue weighted by atomic mass is 10.1. The molecule has 1 saturated heterocycles. The first-order chi connectivity index (χ1) is 13.3. The van der Waals surface area contributed by atoms with Crippen LogP contribution in [0.3, 0.4) is 0 Å². The van der Waals surface area contributed by atoms with Crippen LogP contribution < -0.4 is 10.0 Å². The highest BCUT2D eigenvalue weighted by Gasteiger charge is 2.27. The molecule has 28 heavy (non-hydrogen) atoms. The zero-order valence-electron chi connectivity index (χ0n) is 16.4. The summed E-state index contributed by atoms with van der Waals surface area (Å²) in [7, 11) is -3.61. The van der Waals surface area contributed by atoms with Crippen molar-refractivity contribution in [3.63, 3.8) is 0 Å². The van der Waals surface area contributed by atoms with Gasteiger partial charge in [-0.15, -0.1) is 0 Å². The lowest BCUT2D eigenvalue weighted by Gasteiger charge is -2.34. The first-order valence-corrected chi connectivity index (χ1v) is 11.2. The molecule has 2 amide bonds. The number of hydrogen-bond donors (Lipinski definition) is 2. The molecule has 1 heterocycles. The van der Waals surface area contributed by atoms with Gasteiger partial charge in [0, 0.05) is 44.3 Å². The molecular formula is C19H28N4O4S. The van der Waals surface area contributed by atoms with Gasteiger partial charge in [-0.2, -0.15) is 0 Å². The third-order valence-electron chi connectivity index (χ3n) is 5.05. The summed E-state index contributed by atoms with van der Waals surface area (Å²) in [5, 5.41) is 2.98. The molecule has 0 aromatic heterocycles. The first-order valence-electron chi connectivity index (χ1n) is 9.71. The van der Waals surface area contributed by atoms with E-state index in [9.17, 15) is 18.0 Å². The lowest BCUT2D eigenvalue weighted by Crippen LogP contribution is -2.51. The monoisotopic (exact) mass is 408 g/mol. The van der Waals surface area contributed by atoms with E-state index in [0.717, 1.165) is 18.4 Å². The fraction of sp³-hybridized carbons (Fsp3) is 0.579. The number of aryl methyl sites for hydroxylation is 1. The largest absolute Gasteiger partial charge is 0.352 e. The van der Waals surface area contributed by atoms with Crippen LogP contribution >= 0.6 is 0 Å². The van der Waals surface area contributed by atoms with Gasteiger partial charge in [-0.25, -0.2) is 13.1 Å². The van der Waals surface area contributed by atoms with Crippen LogP contribution in [0.1, 0.15) is 35.7 Å². The van der Waals surface area contributed by atoms with Gasteiger partial charge in [0.25, 0.3) is 5.91 Å². The van der Waals surface area contributed by atoms with Crippen LogP contribution in [-0.2, 0) is 14.8 Å². The van der Waals surface area contributed by atoms with Crippen LogP contribution in [0.15, 0.2) is 23.1 Å². The van der Waals surface area contributed by atoms with Gasteiger partial charge in [0.05, 0.1) is 11.4 Å². The Morgan fingerprint density at radius 2 is 1.82 bits per heavy atom. The van der Waals surface area contributed by atoms with Crippen molar-refractivity contribution < 1.29 is 18.0 Å². The second kappa shape index (κ2) is 8.59. The molecule has 1 aliphatic carbocycles. The fourth-order valence-electron chi connectivity index (χ4n) is 3.26. The molecule has 1 aliphatic heterocycles. The van der Waals surface area contributed by atoms with Crippen LogP contribution in [0.4, 0.5) is 0 Å². The van der Waals surface area contributed by atoms with Gasteiger partial charge < -0.3 is 10.2 Å². The first kappa shape index (κ1) is 20.8. The Bertz CT molecular complexity index is 843. The van der Waals surface area contributed by atoms with E-state index < -0.39 is 10.0 Å². The second-order valence-corrected chi connectivity index (χ2v) is 9.16. The molecule has 2 fully saturated rings. The van der Waals surface area contributed by atoms with Gasteiger partial charge >= 0.3 is 0 Å². The number of rotatable bonds is 7. The molecule has 1 aromatic rings. The molecule has 2 aliphatic rings. The normalized spacial score (nSPS) is 18.1. The maximum atomic E-state index is 13.0. The summed E-state index contributed by atoms with van der Waals surface area (Å²) in [6, 6.07) is 4.98. The van der Waals surface area contributed by atoms with Gasteiger partial charge in [0.15, 0.2) is 0 Å². The SMILES string of the molecule is CCNS(=O)(=O)c1ccc(C)c(C(=O)N2CCN(CC(=O)NC3CC3)CC2)c1. The Kier molecular flexibility index (Phi) is 6.36. The molecule has 8 nitrogen and oxygen atoms in total. The molecule has 0 unspecified atom stereocenters. The molecule has 154 valence electrons. The Labute approximate surface area is 166 Å². The summed E-state index contributed by atoms with van der Waals surface area (Å²) >= 11 is 0. The molecule has 9 heteroatoms. The van der Waals surface area contributed by atoms with Gasteiger partial charge in [0.1, 0.15) is 0 Å². The number of hydrogen-bond acceptors (Lipinski definition) is 5. The van der Waals surface area contributed by atoms with Crippen LogP contribution in [-0.4, -0.2) is 75.3 Å².